The molecule has 0 aliphatic carbocycles. The van der Waals surface area contributed by atoms with E-state index >= 15 is 0 Å². The Morgan fingerprint density at radius 3 is 2.33 bits per heavy atom. The predicted molar refractivity (Wildman–Crippen MR) is 80.2 cm³/mol. The molecule has 0 aliphatic rings. The van der Waals surface area contributed by atoms with E-state index in [2.05, 4.69) is 5.10 Å². The van der Waals surface area contributed by atoms with E-state index in [0.29, 0.717) is 17.5 Å². The number of ether oxygens (including phenoxy) is 1. The second-order valence-electron chi connectivity index (χ2n) is 5.01. The van der Waals surface area contributed by atoms with E-state index in [-0.39, 0.29) is 5.56 Å². The maximum absolute atomic E-state index is 11.0. The van der Waals surface area contributed by atoms with Crippen molar-refractivity contribution in [3.8, 4) is 5.75 Å². The molecule has 6 heteroatoms. The highest BCUT2D eigenvalue weighted by Gasteiger charge is 2.14. The number of nitrogens with zero attached hydrogens (tertiary/aromatic N) is 2. The van der Waals surface area contributed by atoms with Gasteiger partial charge in [-0.25, -0.2) is 4.79 Å². The molecule has 0 fully saturated rings. The van der Waals surface area contributed by atoms with Crippen molar-refractivity contribution in [3.63, 3.8) is 0 Å². The molecular weight excluding hydrogens is 292 g/mol. The predicted octanol–water partition coefficient (Wildman–Crippen LogP) is 3.28. The van der Waals surface area contributed by atoms with E-state index in [1.165, 1.54) is 0 Å². The number of hydrogen-bond acceptors (Lipinski definition) is 3. The minimum Gasteiger partial charge on any atom is -0.488 e. The summed E-state index contributed by atoms with van der Waals surface area (Å²) in [5.41, 5.74) is 3.48. The Bertz CT molecular complexity index is 684. The summed E-state index contributed by atoms with van der Waals surface area (Å²) < 4.78 is 7.43. The minimum absolute atomic E-state index is 0.257. The summed E-state index contributed by atoms with van der Waals surface area (Å²) in [6.07, 6.45) is 0. The van der Waals surface area contributed by atoms with Crippen LogP contribution in [0.5, 0.6) is 5.75 Å². The van der Waals surface area contributed by atoms with Gasteiger partial charge in [-0.15, -0.1) is 0 Å². The zero-order valence-corrected chi connectivity index (χ0v) is 13.2. The minimum atomic E-state index is -0.945. The number of carbonyl (C=O) groups is 1. The highest BCUT2D eigenvalue weighted by Crippen LogP contribution is 2.27. The highest BCUT2D eigenvalue weighted by molar-refractivity contribution is 6.30. The van der Waals surface area contributed by atoms with Crippen molar-refractivity contribution < 1.29 is 14.6 Å². The van der Waals surface area contributed by atoms with Crippen LogP contribution in [0.25, 0.3) is 0 Å². The first-order valence-corrected chi connectivity index (χ1v) is 6.84. The number of aromatic nitrogens is 2. The Kier molecular flexibility index (Phi) is 4.23. The Labute approximate surface area is 128 Å². The van der Waals surface area contributed by atoms with Gasteiger partial charge in [-0.1, -0.05) is 11.6 Å². The van der Waals surface area contributed by atoms with Gasteiger partial charge < -0.3 is 9.84 Å². The lowest BCUT2D eigenvalue weighted by atomic mass is 10.1. The van der Waals surface area contributed by atoms with Gasteiger partial charge in [-0.05, 0) is 44.0 Å². The summed E-state index contributed by atoms with van der Waals surface area (Å²) in [5, 5.41) is 13.8. The second kappa shape index (κ2) is 5.77. The number of aromatic carboxylic acids is 1. The molecule has 0 radical (unpaired) electrons. The topological polar surface area (TPSA) is 64.3 Å². The van der Waals surface area contributed by atoms with E-state index in [4.69, 9.17) is 21.4 Å². The fourth-order valence-corrected chi connectivity index (χ4v) is 2.51. The van der Waals surface area contributed by atoms with Crippen molar-refractivity contribution in [1.82, 2.24) is 9.78 Å². The lowest BCUT2D eigenvalue weighted by Crippen LogP contribution is -2.03. The van der Waals surface area contributed by atoms with Crippen LogP contribution in [-0.4, -0.2) is 20.9 Å². The molecular formula is C15H17ClN2O3. The molecule has 0 saturated heterocycles. The third-order valence-corrected chi connectivity index (χ3v) is 3.81. The molecule has 1 heterocycles. The molecule has 0 amide bonds. The van der Waals surface area contributed by atoms with E-state index in [1.54, 1.807) is 23.9 Å². The van der Waals surface area contributed by atoms with Gasteiger partial charge in [0.2, 0.25) is 0 Å². The molecule has 2 rings (SSSR count). The molecule has 5 nitrogen and oxygen atoms in total. The van der Waals surface area contributed by atoms with Gasteiger partial charge in [0, 0.05) is 12.6 Å². The van der Waals surface area contributed by atoms with Gasteiger partial charge in [0.15, 0.2) is 0 Å². The quantitative estimate of drug-likeness (QED) is 0.941. The van der Waals surface area contributed by atoms with Gasteiger partial charge in [0.25, 0.3) is 0 Å². The van der Waals surface area contributed by atoms with Crippen LogP contribution in [0.2, 0.25) is 5.15 Å². The normalized spacial score (nSPS) is 10.7. The number of aryl methyl sites for hydroxylation is 4. The van der Waals surface area contributed by atoms with Crippen molar-refractivity contribution in [2.75, 3.05) is 0 Å². The molecule has 1 N–H and O–H groups in total. The van der Waals surface area contributed by atoms with Crippen LogP contribution in [0.3, 0.4) is 0 Å². The number of benzene rings is 1. The SMILES string of the molecule is Cc1cc(C(=O)O)cc(C)c1OCc1c(C)nn(C)c1Cl. The van der Waals surface area contributed by atoms with Crippen LogP contribution < -0.4 is 4.74 Å². The summed E-state index contributed by atoms with van der Waals surface area (Å²) in [6.45, 7) is 5.82. The van der Waals surface area contributed by atoms with Gasteiger partial charge in [-0.2, -0.15) is 5.10 Å². The largest absolute Gasteiger partial charge is 0.488 e. The molecule has 0 bridgehead atoms. The molecule has 2 aromatic rings. The molecule has 0 unspecified atom stereocenters. The summed E-state index contributed by atoms with van der Waals surface area (Å²) >= 11 is 6.17. The van der Waals surface area contributed by atoms with Crippen molar-refractivity contribution in [2.45, 2.75) is 27.4 Å². The van der Waals surface area contributed by atoms with Gasteiger partial charge in [0.05, 0.1) is 11.3 Å². The Hall–Kier alpha value is -2.01. The van der Waals surface area contributed by atoms with E-state index in [0.717, 1.165) is 22.4 Å². The maximum atomic E-state index is 11.0. The Morgan fingerprint density at radius 2 is 1.90 bits per heavy atom. The lowest BCUT2D eigenvalue weighted by molar-refractivity contribution is 0.0696. The van der Waals surface area contributed by atoms with Gasteiger partial charge >= 0.3 is 5.97 Å². The third kappa shape index (κ3) is 3.03. The van der Waals surface area contributed by atoms with Crippen molar-refractivity contribution in [1.29, 1.82) is 0 Å². The number of hydrogen-bond donors (Lipinski definition) is 1. The zero-order valence-electron chi connectivity index (χ0n) is 12.4. The number of carboxylic acid groups (broad SMARTS) is 1. The van der Waals surface area contributed by atoms with Crippen LogP contribution in [0.15, 0.2) is 12.1 Å². The average Bonchev–Trinajstić information content (AvgIpc) is 2.63. The smallest absolute Gasteiger partial charge is 0.335 e. The van der Waals surface area contributed by atoms with Crippen molar-refractivity contribution in [3.05, 3.63) is 45.2 Å². The third-order valence-electron chi connectivity index (χ3n) is 3.34. The molecule has 1 aromatic carbocycles. The molecule has 21 heavy (non-hydrogen) atoms. The molecule has 0 atom stereocenters. The Morgan fingerprint density at radius 1 is 1.33 bits per heavy atom. The zero-order chi connectivity index (χ0) is 15.7. The summed E-state index contributed by atoms with van der Waals surface area (Å²) in [5.74, 6) is -0.266. The first-order chi connectivity index (χ1) is 9.81. The van der Waals surface area contributed by atoms with Gasteiger partial charge in [-0.3, -0.25) is 4.68 Å². The van der Waals surface area contributed by atoms with E-state index in [1.807, 2.05) is 20.8 Å². The van der Waals surface area contributed by atoms with Crippen LogP contribution in [0.4, 0.5) is 0 Å². The standard InChI is InChI=1S/C15H17ClN2O3/c1-8-5-11(15(19)20)6-9(2)13(8)21-7-12-10(3)17-18(4)14(12)16/h5-6H,7H2,1-4H3,(H,19,20). The van der Waals surface area contributed by atoms with Crippen LogP contribution in [-0.2, 0) is 13.7 Å². The van der Waals surface area contributed by atoms with Crippen LogP contribution in [0, 0.1) is 20.8 Å². The van der Waals surface area contributed by atoms with Crippen molar-refractivity contribution in [2.24, 2.45) is 7.05 Å². The van der Waals surface area contributed by atoms with Crippen LogP contribution >= 0.6 is 11.6 Å². The van der Waals surface area contributed by atoms with E-state index < -0.39 is 5.97 Å². The molecule has 1 aromatic heterocycles. The first-order valence-electron chi connectivity index (χ1n) is 6.46. The molecule has 0 saturated carbocycles. The summed E-state index contributed by atoms with van der Waals surface area (Å²) in [7, 11) is 1.77. The molecule has 112 valence electrons. The van der Waals surface area contributed by atoms with Gasteiger partial charge in [0.1, 0.15) is 17.5 Å². The monoisotopic (exact) mass is 308 g/mol. The fraction of sp³-hybridized carbons (Fsp3) is 0.333. The summed E-state index contributed by atoms with van der Waals surface area (Å²) in [6, 6.07) is 3.20. The molecule has 0 spiro atoms. The Balaban J connectivity index is 2.26. The van der Waals surface area contributed by atoms with E-state index in [9.17, 15) is 4.79 Å². The lowest BCUT2D eigenvalue weighted by Gasteiger charge is -2.13. The molecule has 0 aliphatic heterocycles. The fourth-order valence-electron chi connectivity index (χ4n) is 2.28. The number of halogens is 1. The van der Waals surface area contributed by atoms with Crippen LogP contribution in [0.1, 0.15) is 32.7 Å². The summed E-state index contributed by atoms with van der Waals surface area (Å²) in [4.78, 5) is 11.0. The van der Waals surface area contributed by atoms with Crippen molar-refractivity contribution >= 4 is 17.6 Å². The average molecular weight is 309 g/mol. The first kappa shape index (κ1) is 15.4. The highest BCUT2D eigenvalue weighted by atomic mass is 35.5. The maximum Gasteiger partial charge on any atom is 0.335 e. The number of rotatable bonds is 4. The number of carboxylic acids is 1. The second-order valence-corrected chi connectivity index (χ2v) is 5.37.